The summed E-state index contributed by atoms with van der Waals surface area (Å²) in [5, 5.41) is 0. The van der Waals surface area contributed by atoms with Crippen molar-refractivity contribution >= 4 is 33.5 Å². The Balaban J connectivity index is 1.74. The van der Waals surface area contributed by atoms with Crippen molar-refractivity contribution in [2.24, 2.45) is 4.99 Å². The third-order valence-electron chi connectivity index (χ3n) is 3.85. The summed E-state index contributed by atoms with van der Waals surface area (Å²) in [6.07, 6.45) is 8.68. The molecule has 6 heteroatoms. The number of carbonyl (C=O) groups excluding carboxylic acids is 1. The first kappa shape index (κ1) is 16.2. The number of thiazole rings is 1. The van der Waals surface area contributed by atoms with Gasteiger partial charge in [-0.3, -0.25) is 4.79 Å². The van der Waals surface area contributed by atoms with E-state index in [-0.39, 0.29) is 12.7 Å². The summed E-state index contributed by atoms with van der Waals surface area (Å²) < 4.78 is 13.6. The van der Waals surface area contributed by atoms with Crippen LogP contribution in [0.1, 0.15) is 5.56 Å². The van der Waals surface area contributed by atoms with Crippen LogP contribution in [0, 0.1) is 12.3 Å². The molecule has 0 radical (unpaired) electrons. The van der Waals surface area contributed by atoms with Crippen molar-refractivity contribution < 1.29 is 14.3 Å². The van der Waals surface area contributed by atoms with Crippen LogP contribution in [0.2, 0.25) is 0 Å². The summed E-state index contributed by atoms with van der Waals surface area (Å²) in [6, 6.07) is 13.4. The fraction of sp³-hybridized carbons (Fsp3) is 0.100. The number of terminal acetylenes is 1. The second-order valence-electron chi connectivity index (χ2n) is 5.54. The average Bonchev–Trinajstić information content (AvgIpc) is 3.24. The van der Waals surface area contributed by atoms with Crippen molar-refractivity contribution in [3.8, 4) is 23.8 Å². The summed E-state index contributed by atoms with van der Waals surface area (Å²) >= 11 is 1.39. The Morgan fingerprint density at radius 2 is 2.04 bits per heavy atom. The van der Waals surface area contributed by atoms with Gasteiger partial charge in [0.1, 0.15) is 0 Å². The molecule has 1 aromatic heterocycles. The van der Waals surface area contributed by atoms with Crippen molar-refractivity contribution in [2.75, 3.05) is 6.79 Å². The molecule has 0 fully saturated rings. The highest BCUT2D eigenvalue weighted by Crippen LogP contribution is 2.36. The average molecular weight is 362 g/mol. The molecule has 1 aliphatic heterocycles. The van der Waals surface area contributed by atoms with E-state index in [9.17, 15) is 4.79 Å². The first-order valence-electron chi connectivity index (χ1n) is 7.93. The maximum atomic E-state index is 12.3. The van der Waals surface area contributed by atoms with Crippen LogP contribution in [0.4, 0.5) is 0 Å². The molecule has 1 aliphatic rings. The largest absolute Gasteiger partial charge is 0.454 e. The smallest absolute Gasteiger partial charge is 0.272 e. The lowest BCUT2D eigenvalue weighted by atomic mass is 10.2. The maximum absolute atomic E-state index is 12.3. The molecule has 26 heavy (non-hydrogen) atoms. The Hall–Kier alpha value is -3.30. The molecule has 1 amide bonds. The lowest BCUT2D eigenvalue weighted by Crippen LogP contribution is -2.15. The Labute approximate surface area is 153 Å². The molecule has 0 spiro atoms. The molecular formula is C20H14N2O3S. The van der Waals surface area contributed by atoms with Crippen LogP contribution >= 0.6 is 11.3 Å². The molecule has 0 atom stereocenters. The van der Waals surface area contributed by atoms with Crippen LogP contribution < -0.4 is 14.3 Å². The SMILES string of the molecule is C#CCn1c(=NC(=O)C=Cc2ccccc2)sc2cc3c(cc21)OCO3. The van der Waals surface area contributed by atoms with Gasteiger partial charge in [0.2, 0.25) is 6.79 Å². The molecule has 0 N–H and O–H groups in total. The number of fused-ring (bicyclic) bond motifs is 2. The third kappa shape index (κ3) is 3.13. The van der Waals surface area contributed by atoms with Gasteiger partial charge in [-0.1, -0.05) is 47.6 Å². The Morgan fingerprint density at radius 3 is 2.81 bits per heavy atom. The molecule has 3 aromatic rings. The van der Waals surface area contributed by atoms with Crippen LogP contribution in [0.25, 0.3) is 16.3 Å². The number of carbonyl (C=O) groups is 1. The zero-order valence-electron chi connectivity index (χ0n) is 13.7. The van der Waals surface area contributed by atoms with Crippen LogP contribution in [0.5, 0.6) is 11.5 Å². The minimum atomic E-state index is -0.341. The van der Waals surface area contributed by atoms with E-state index in [0.717, 1.165) is 15.8 Å². The number of ether oxygens (including phenoxy) is 2. The van der Waals surface area contributed by atoms with E-state index in [0.29, 0.717) is 22.8 Å². The van der Waals surface area contributed by atoms with Crippen molar-refractivity contribution in [2.45, 2.75) is 6.54 Å². The van der Waals surface area contributed by atoms with Gasteiger partial charge < -0.3 is 14.0 Å². The molecule has 5 nitrogen and oxygen atoms in total. The monoisotopic (exact) mass is 362 g/mol. The van der Waals surface area contributed by atoms with Crippen LogP contribution in [0.3, 0.4) is 0 Å². The van der Waals surface area contributed by atoms with E-state index in [1.165, 1.54) is 17.4 Å². The molecule has 2 heterocycles. The normalized spacial score (nSPS) is 13.4. The predicted molar refractivity (Wildman–Crippen MR) is 101 cm³/mol. The molecule has 2 aromatic carbocycles. The molecule has 0 bridgehead atoms. The van der Waals surface area contributed by atoms with E-state index in [1.54, 1.807) is 6.08 Å². The number of hydrogen-bond donors (Lipinski definition) is 0. The highest BCUT2D eigenvalue weighted by atomic mass is 32.1. The molecule has 0 unspecified atom stereocenters. The van der Waals surface area contributed by atoms with E-state index < -0.39 is 0 Å². The Morgan fingerprint density at radius 1 is 1.27 bits per heavy atom. The summed E-state index contributed by atoms with van der Waals surface area (Å²) in [4.78, 5) is 17.0. The van der Waals surface area contributed by atoms with Gasteiger partial charge in [0, 0.05) is 18.2 Å². The zero-order chi connectivity index (χ0) is 17.9. The number of rotatable bonds is 3. The number of nitrogens with zero attached hydrogens (tertiary/aromatic N) is 2. The van der Waals surface area contributed by atoms with Crippen molar-refractivity contribution in [3.63, 3.8) is 0 Å². The first-order valence-corrected chi connectivity index (χ1v) is 8.74. The van der Waals surface area contributed by atoms with Gasteiger partial charge in [0.15, 0.2) is 16.3 Å². The van der Waals surface area contributed by atoms with Crippen LogP contribution in [-0.2, 0) is 11.3 Å². The maximum Gasteiger partial charge on any atom is 0.272 e. The number of hydrogen-bond acceptors (Lipinski definition) is 4. The van der Waals surface area contributed by atoms with E-state index in [4.69, 9.17) is 15.9 Å². The van der Waals surface area contributed by atoms with Crippen molar-refractivity contribution in [3.05, 3.63) is 58.9 Å². The van der Waals surface area contributed by atoms with Crippen LogP contribution in [-0.4, -0.2) is 17.3 Å². The Kier molecular flexibility index (Phi) is 4.30. The number of benzene rings is 2. The third-order valence-corrected chi connectivity index (χ3v) is 4.89. The lowest BCUT2D eigenvalue weighted by molar-refractivity contribution is -0.113. The fourth-order valence-corrected chi connectivity index (χ4v) is 3.70. The summed E-state index contributed by atoms with van der Waals surface area (Å²) in [7, 11) is 0. The standard InChI is InChI=1S/C20H14N2O3S/c1-2-10-22-15-11-16-17(25-13-24-16)12-18(15)26-20(22)21-19(23)9-8-14-6-4-3-5-7-14/h1,3-9,11-12H,10,13H2. The predicted octanol–water partition coefficient (Wildman–Crippen LogP) is 3.21. The summed E-state index contributed by atoms with van der Waals surface area (Å²) in [6.45, 7) is 0.524. The van der Waals surface area contributed by atoms with Gasteiger partial charge in [0.05, 0.1) is 16.8 Å². The van der Waals surface area contributed by atoms with Gasteiger partial charge in [-0.25, -0.2) is 0 Å². The van der Waals surface area contributed by atoms with Crippen molar-refractivity contribution in [1.29, 1.82) is 0 Å². The molecule has 128 valence electrons. The van der Waals surface area contributed by atoms with Crippen LogP contribution in [0.15, 0.2) is 53.5 Å². The topological polar surface area (TPSA) is 52.8 Å². The van der Waals surface area contributed by atoms with Gasteiger partial charge >= 0.3 is 0 Å². The highest BCUT2D eigenvalue weighted by Gasteiger charge is 2.17. The van der Waals surface area contributed by atoms with E-state index in [2.05, 4.69) is 10.9 Å². The second kappa shape index (κ2) is 6.90. The fourth-order valence-electron chi connectivity index (χ4n) is 2.65. The van der Waals surface area contributed by atoms with Gasteiger partial charge in [-0.2, -0.15) is 4.99 Å². The van der Waals surface area contributed by atoms with E-state index in [1.807, 2.05) is 47.0 Å². The van der Waals surface area contributed by atoms with Gasteiger partial charge in [-0.05, 0) is 11.6 Å². The van der Waals surface area contributed by atoms with Gasteiger partial charge in [0.25, 0.3) is 5.91 Å². The molecular weight excluding hydrogens is 348 g/mol. The zero-order valence-corrected chi connectivity index (χ0v) is 14.5. The Bertz CT molecular complexity index is 1120. The van der Waals surface area contributed by atoms with Gasteiger partial charge in [-0.15, -0.1) is 6.42 Å². The summed E-state index contributed by atoms with van der Waals surface area (Å²) in [5.74, 6) is 3.63. The van der Waals surface area contributed by atoms with Crippen molar-refractivity contribution in [1.82, 2.24) is 4.57 Å². The lowest BCUT2D eigenvalue weighted by Gasteiger charge is -2.01. The molecule has 0 saturated carbocycles. The highest BCUT2D eigenvalue weighted by molar-refractivity contribution is 7.16. The second-order valence-corrected chi connectivity index (χ2v) is 6.55. The van der Waals surface area contributed by atoms with E-state index >= 15 is 0 Å². The molecule has 4 rings (SSSR count). The number of aromatic nitrogens is 1. The summed E-state index contributed by atoms with van der Waals surface area (Å²) in [5.41, 5.74) is 1.81. The molecule has 0 saturated heterocycles. The minimum Gasteiger partial charge on any atom is -0.454 e. The molecule has 0 aliphatic carbocycles. The first-order chi connectivity index (χ1) is 12.7. The quantitative estimate of drug-likeness (QED) is 0.531. The number of amides is 1. The minimum absolute atomic E-state index is 0.210.